The van der Waals surface area contributed by atoms with Gasteiger partial charge < -0.3 is 14.8 Å². The molecule has 0 amide bonds. The maximum absolute atomic E-state index is 4.79. The Labute approximate surface area is 159 Å². The topological polar surface area (TPSA) is 60.9 Å². The van der Waals surface area contributed by atoms with Gasteiger partial charge in [-0.3, -0.25) is 0 Å². The van der Waals surface area contributed by atoms with Gasteiger partial charge in [0.25, 0.3) is 0 Å². The second kappa shape index (κ2) is 6.83. The first-order chi connectivity index (χ1) is 13.3. The fraction of sp³-hybridized carbons (Fsp3) is 0.476. The van der Waals surface area contributed by atoms with Crippen molar-refractivity contribution in [2.75, 3.05) is 29.4 Å². The fourth-order valence-corrected chi connectivity index (χ4v) is 4.10. The van der Waals surface area contributed by atoms with E-state index in [1.54, 1.807) is 6.33 Å². The zero-order valence-corrected chi connectivity index (χ0v) is 15.8. The number of hydrogen-bond acceptors (Lipinski definition) is 5. The van der Waals surface area contributed by atoms with Crippen LogP contribution in [0.15, 0.2) is 36.9 Å². The highest BCUT2D eigenvalue weighted by Crippen LogP contribution is 2.34. The Balaban J connectivity index is 1.39. The van der Waals surface area contributed by atoms with Crippen LogP contribution in [0.3, 0.4) is 0 Å². The van der Waals surface area contributed by atoms with Gasteiger partial charge in [-0.25, -0.2) is 15.0 Å². The van der Waals surface area contributed by atoms with Crippen LogP contribution in [0.4, 0.5) is 11.6 Å². The van der Waals surface area contributed by atoms with Crippen molar-refractivity contribution >= 4 is 22.7 Å². The first-order valence-electron chi connectivity index (χ1n) is 10.1. The molecule has 5 rings (SSSR count). The van der Waals surface area contributed by atoms with Gasteiger partial charge in [0.1, 0.15) is 23.6 Å². The zero-order valence-electron chi connectivity index (χ0n) is 15.8. The number of rotatable bonds is 6. The van der Waals surface area contributed by atoms with Gasteiger partial charge in [0.15, 0.2) is 0 Å². The Morgan fingerprint density at radius 3 is 2.85 bits per heavy atom. The lowest BCUT2D eigenvalue weighted by Gasteiger charge is -2.30. The number of fused-ring (bicyclic) bond motifs is 1. The van der Waals surface area contributed by atoms with E-state index in [-0.39, 0.29) is 0 Å². The van der Waals surface area contributed by atoms with Crippen molar-refractivity contribution in [3.63, 3.8) is 0 Å². The van der Waals surface area contributed by atoms with Crippen molar-refractivity contribution in [2.24, 2.45) is 5.92 Å². The summed E-state index contributed by atoms with van der Waals surface area (Å²) in [7, 11) is 0. The molecule has 2 aliphatic rings. The molecule has 6 nitrogen and oxygen atoms in total. The number of aromatic nitrogens is 4. The molecule has 1 aliphatic carbocycles. The van der Waals surface area contributed by atoms with E-state index in [0.717, 1.165) is 61.1 Å². The lowest BCUT2D eigenvalue weighted by molar-refractivity contribution is 0.603. The van der Waals surface area contributed by atoms with Crippen LogP contribution in [0.25, 0.3) is 11.0 Å². The monoisotopic (exact) mass is 362 g/mol. The largest absolute Gasteiger partial charge is 0.354 e. The third-order valence-corrected chi connectivity index (χ3v) is 5.90. The van der Waals surface area contributed by atoms with Crippen LogP contribution >= 0.6 is 0 Å². The minimum atomic E-state index is 0.481. The Hall–Kier alpha value is -2.63. The molecular formula is C21H26N6. The lowest BCUT2D eigenvalue weighted by Crippen LogP contribution is -2.39. The minimum absolute atomic E-state index is 0.481. The molecule has 0 unspecified atom stereocenters. The first kappa shape index (κ1) is 16.5. The van der Waals surface area contributed by atoms with Crippen molar-refractivity contribution in [1.29, 1.82) is 0 Å². The standard InChI is InChI=1S/C21H26N6/c1-2-15-5-6-19(23-11-15)27(12-16-3-4-16)17-8-10-26(13-17)21-18-7-9-22-20(18)24-14-25-21/h5-7,9,11,14,16-17H,2-4,8,10,12-13H2,1H3,(H,22,24,25)/t17-/m1/s1. The molecule has 140 valence electrons. The molecule has 2 fully saturated rings. The second-order valence-electron chi connectivity index (χ2n) is 7.80. The summed E-state index contributed by atoms with van der Waals surface area (Å²) in [6.45, 7) is 5.31. The molecule has 0 bridgehead atoms. The summed E-state index contributed by atoms with van der Waals surface area (Å²) in [5.41, 5.74) is 2.21. The summed E-state index contributed by atoms with van der Waals surface area (Å²) >= 11 is 0. The molecule has 1 atom stereocenters. The van der Waals surface area contributed by atoms with Crippen molar-refractivity contribution in [2.45, 2.75) is 38.6 Å². The summed E-state index contributed by atoms with van der Waals surface area (Å²) in [4.78, 5) is 21.8. The van der Waals surface area contributed by atoms with Gasteiger partial charge in [-0.1, -0.05) is 13.0 Å². The number of aromatic amines is 1. The number of aryl methyl sites for hydroxylation is 1. The molecule has 6 heteroatoms. The number of H-pyrrole nitrogens is 1. The number of nitrogens with one attached hydrogen (secondary N) is 1. The van der Waals surface area contributed by atoms with Crippen molar-refractivity contribution in [1.82, 2.24) is 19.9 Å². The van der Waals surface area contributed by atoms with Crippen LogP contribution in [0.1, 0.15) is 31.7 Å². The Kier molecular flexibility index (Phi) is 4.19. The third-order valence-electron chi connectivity index (χ3n) is 5.90. The highest BCUT2D eigenvalue weighted by molar-refractivity contribution is 5.87. The van der Waals surface area contributed by atoms with E-state index < -0.39 is 0 Å². The molecule has 1 saturated heterocycles. The third kappa shape index (κ3) is 3.24. The van der Waals surface area contributed by atoms with Gasteiger partial charge >= 0.3 is 0 Å². The summed E-state index contributed by atoms with van der Waals surface area (Å²) in [6.07, 6.45) is 10.5. The van der Waals surface area contributed by atoms with E-state index in [0.29, 0.717) is 6.04 Å². The van der Waals surface area contributed by atoms with Crippen molar-refractivity contribution in [3.05, 3.63) is 42.5 Å². The van der Waals surface area contributed by atoms with Gasteiger partial charge in [-0.05, 0) is 49.3 Å². The quantitative estimate of drug-likeness (QED) is 0.728. The van der Waals surface area contributed by atoms with E-state index in [9.17, 15) is 0 Å². The molecule has 1 N–H and O–H groups in total. The van der Waals surface area contributed by atoms with Crippen LogP contribution in [0.2, 0.25) is 0 Å². The first-order valence-corrected chi connectivity index (χ1v) is 10.1. The van der Waals surface area contributed by atoms with Crippen molar-refractivity contribution in [3.8, 4) is 0 Å². The maximum atomic E-state index is 4.79. The van der Waals surface area contributed by atoms with Crippen LogP contribution < -0.4 is 9.80 Å². The molecule has 0 radical (unpaired) electrons. The van der Waals surface area contributed by atoms with E-state index in [1.165, 1.54) is 18.4 Å². The highest BCUT2D eigenvalue weighted by atomic mass is 15.3. The highest BCUT2D eigenvalue weighted by Gasteiger charge is 2.34. The number of pyridine rings is 1. The normalized spacial score (nSPS) is 19.7. The molecule has 3 aromatic heterocycles. The van der Waals surface area contributed by atoms with Gasteiger partial charge in [0.05, 0.1) is 5.39 Å². The number of nitrogens with zero attached hydrogens (tertiary/aromatic N) is 5. The maximum Gasteiger partial charge on any atom is 0.142 e. The van der Waals surface area contributed by atoms with Crippen LogP contribution in [-0.2, 0) is 6.42 Å². The SMILES string of the molecule is CCc1ccc(N(CC2CC2)[C@@H]2CCN(c3ncnc4[nH]ccc34)C2)nc1. The summed E-state index contributed by atoms with van der Waals surface area (Å²) in [6, 6.07) is 6.99. The van der Waals surface area contributed by atoms with E-state index in [4.69, 9.17) is 4.98 Å². The second-order valence-corrected chi connectivity index (χ2v) is 7.80. The molecule has 27 heavy (non-hydrogen) atoms. The van der Waals surface area contributed by atoms with E-state index in [2.05, 4.69) is 49.9 Å². The van der Waals surface area contributed by atoms with E-state index in [1.807, 2.05) is 12.4 Å². The van der Waals surface area contributed by atoms with Gasteiger partial charge in [0.2, 0.25) is 0 Å². The van der Waals surface area contributed by atoms with Crippen LogP contribution in [0, 0.1) is 5.92 Å². The zero-order chi connectivity index (χ0) is 18.2. The summed E-state index contributed by atoms with van der Waals surface area (Å²) < 4.78 is 0. The average molecular weight is 362 g/mol. The van der Waals surface area contributed by atoms with E-state index >= 15 is 0 Å². The van der Waals surface area contributed by atoms with Crippen LogP contribution in [0.5, 0.6) is 0 Å². The Bertz CT molecular complexity index is 914. The molecule has 3 aromatic rings. The predicted octanol–water partition coefficient (Wildman–Crippen LogP) is 3.41. The molecule has 1 aliphatic heterocycles. The average Bonchev–Trinajstić information content (AvgIpc) is 3.19. The molecular weight excluding hydrogens is 336 g/mol. The lowest BCUT2D eigenvalue weighted by atomic mass is 10.2. The van der Waals surface area contributed by atoms with Gasteiger partial charge in [0, 0.05) is 38.1 Å². The molecule has 4 heterocycles. The fourth-order valence-electron chi connectivity index (χ4n) is 4.10. The molecule has 0 aromatic carbocycles. The summed E-state index contributed by atoms with van der Waals surface area (Å²) in [5, 5.41) is 1.11. The van der Waals surface area contributed by atoms with Crippen LogP contribution in [-0.4, -0.2) is 45.6 Å². The number of anilines is 2. The summed E-state index contributed by atoms with van der Waals surface area (Å²) in [5.74, 6) is 3.01. The molecule has 0 spiro atoms. The van der Waals surface area contributed by atoms with Crippen molar-refractivity contribution < 1.29 is 0 Å². The van der Waals surface area contributed by atoms with Gasteiger partial charge in [-0.2, -0.15) is 0 Å². The molecule has 1 saturated carbocycles. The predicted molar refractivity (Wildman–Crippen MR) is 108 cm³/mol. The smallest absolute Gasteiger partial charge is 0.142 e. The number of hydrogen-bond donors (Lipinski definition) is 1. The Morgan fingerprint density at radius 1 is 1.15 bits per heavy atom. The van der Waals surface area contributed by atoms with Gasteiger partial charge in [-0.15, -0.1) is 0 Å². The Morgan fingerprint density at radius 2 is 2.07 bits per heavy atom. The minimum Gasteiger partial charge on any atom is -0.354 e.